The first-order valence-electron chi connectivity index (χ1n) is 10.5. The van der Waals surface area contributed by atoms with E-state index in [1.807, 2.05) is 23.3 Å². The molecule has 1 aliphatic heterocycles. The Kier molecular flexibility index (Phi) is 12.7. The Hall–Kier alpha value is -2.99. The zero-order chi connectivity index (χ0) is 28.2. The Morgan fingerprint density at radius 2 is 1.54 bits per heavy atom. The highest BCUT2D eigenvalue weighted by Crippen LogP contribution is 2.23. The van der Waals surface area contributed by atoms with Crippen LogP contribution in [0.4, 0.5) is 26.3 Å². The quantitative estimate of drug-likeness (QED) is 0.270. The number of likely N-dealkylation sites (tertiary alicyclic amines) is 1. The van der Waals surface area contributed by atoms with Gasteiger partial charge in [-0.25, -0.2) is 24.2 Å². The summed E-state index contributed by atoms with van der Waals surface area (Å²) in [5.41, 5.74) is 7.62. The van der Waals surface area contributed by atoms with Crippen LogP contribution >= 0.6 is 11.8 Å². The summed E-state index contributed by atoms with van der Waals surface area (Å²) in [6.45, 7) is 5.57. The molecule has 1 fully saturated rings. The van der Waals surface area contributed by atoms with Crippen LogP contribution in [0.3, 0.4) is 0 Å². The van der Waals surface area contributed by atoms with Gasteiger partial charge in [-0.05, 0) is 18.6 Å². The molecule has 2 aromatic rings. The molecular weight excluding hydrogens is 536 g/mol. The van der Waals surface area contributed by atoms with E-state index in [1.165, 1.54) is 5.56 Å². The zero-order valence-corrected chi connectivity index (χ0v) is 20.2. The number of nitrogens with zero attached hydrogens (tertiary/aromatic N) is 6. The fraction of sp³-hybridized carbons (Fsp3) is 0.579. The Labute approximate surface area is 211 Å². The predicted molar refractivity (Wildman–Crippen MR) is 117 cm³/mol. The third-order valence-corrected chi connectivity index (χ3v) is 5.30. The molecule has 1 aliphatic rings. The molecule has 0 radical (unpaired) electrons. The highest BCUT2D eigenvalue weighted by molar-refractivity contribution is 7.99. The number of alkyl halides is 6. The van der Waals surface area contributed by atoms with Gasteiger partial charge in [-0.2, -0.15) is 26.3 Å². The van der Waals surface area contributed by atoms with Gasteiger partial charge >= 0.3 is 24.3 Å². The van der Waals surface area contributed by atoms with Crippen molar-refractivity contribution in [3.05, 3.63) is 29.8 Å². The monoisotopic (exact) mass is 561 g/mol. The van der Waals surface area contributed by atoms with Crippen LogP contribution in [0, 0.1) is 0 Å². The molecule has 0 aliphatic carbocycles. The number of aliphatic carboxylic acids is 2. The summed E-state index contributed by atoms with van der Waals surface area (Å²) in [5.74, 6) is -4.51. The molecule has 3 rings (SSSR count). The summed E-state index contributed by atoms with van der Waals surface area (Å²) < 4.78 is 65.4. The van der Waals surface area contributed by atoms with E-state index in [1.54, 1.807) is 11.8 Å². The molecule has 0 saturated carbocycles. The number of nitrogens with two attached hydrogens (primary N) is 1. The van der Waals surface area contributed by atoms with Gasteiger partial charge in [0.15, 0.2) is 5.16 Å². The highest BCUT2D eigenvalue weighted by atomic mass is 32.2. The van der Waals surface area contributed by atoms with Crippen LogP contribution in [0.2, 0.25) is 0 Å². The van der Waals surface area contributed by atoms with Gasteiger partial charge in [0.2, 0.25) is 0 Å². The zero-order valence-electron chi connectivity index (χ0n) is 19.4. The first kappa shape index (κ1) is 32.0. The summed E-state index contributed by atoms with van der Waals surface area (Å²) in [7, 11) is 0. The smallest absolute Gasteiger partial charge is 0.475 e. The molecule has 208 valence electrons. The fourth-order valence-electron chi connectivity index (χ4n) is 2.81. The molecule has 0 atom stereocenters. The second-order valence-electron chi connectivity index (χ2n) is 7.31. The van der Waals surface area contributed by atoms with Gasteiger partial charge < -0.3 is 15.9 Å². The lowest BCUT2D eigenvalue weighted by molar-refractivity contribution is -0.193. The van der Waals surface area contributed by atoms with Crippen LogP contribution < -0.4 is 5.73 Å². The number of hydrogen-bond acceptors (Lipinski definition) is 9. The first-order valence-corrected chi connectivity index (χ1v) is 11.5. The van der Waals surface area contributed by atoms with Crippen molar-refractivity contribution in [2.45, 2.75) is 56.4 Å². The number of rotatable bonds is 6. The molecule has 18 heteroatoms. The van der Waals surface area contributed by atoms with E-state index < -0.39 is 24.3 Å². The second kappa shape index (κ2) is 14.7. The third-order valence-electron chi connectivity index (χ3n) is 4.54. The maximum atomic E-state index is 10.6. The summed E-state index contributed by atoms with van der Waals surface area (Å²) in [4.78, 5) is 29.0. The van der Waals surface area contributed by atoms with Crippen LogP contribution in [-0.4, -0.2) is 83.2 Å². The number of carbonyl (C=O) groups is 2. The summed E-state index contributed by atoms with van der Waals surface area (Å²) in [6.07, 6.45) is -2.14. The fourth-order valence-corrected chi connectivity index (χ4v) is 3.33. The third kappa shape index (κ3) is 12.2. The number of carboxylic acid groups (broad SMARTS) is 2. The van der Waals surface area contributed by atoms with Crippen molar-refractivity contribution in [3.8, 4) is 0 Å². The van der Waals surface area contributed by atoms with E-state index in [0.29, 0.717) is 12.6 Å². The molecule has 4 N–H and O–H groups in total. The van der Waals surface area contributed by atoms with Crippen LogP contribution in [0.25, 0.3) is 0 Å². The lowest BCUT2D eigenvalue weighted by Gasteiger charge is -2.31. The van der Waals surface area contributed by atoms with Crippen molar-refractivity contribution in [2.24, 2.45) is 5.73 Å². The number of carboxylic acids is 2. The van der Waals surface area contributed by atoms with E-state index >= 15 is 0 Å². The average Bonchev–Trinajstić information content (AvgIpc) is 3.30. The minimum atomic E-state index is -5.08. The molecule has 0 unspecified atom stereocenters. The minimum Gasteiger partial charge on any atom is -0.475 e. The maximum Gasteiger partial charge on any atom is 0.490 e. The number of hydrogen-bond donors (Lipinski definition) is 3. The number of thioether (sulfide) groups is 1. The maximum absolute atomic E-state index is 10.6. The number of aromatic nitrogens is 5. The molecule has 0 amide bonds. The van der Waals surface area contributed by atoms with Crippen molar-refractivity contribution in [1.29, 1.82) is 0 Å². The SMILES string of the molecule is CCSc1ncc(CN2CCC(n3cc(CN)nn3)CC2)cn1.O=C(O)C(F)(F)F.O=C(O)C(F)(F)F. The Bertz CT molecular complexity index is 957. The van der Waals surface area contributed by atoms with Gasteiger partial charge in [0.05, 0.1) is 17.9 Å². The van der Waals surface area contributed by atoms with Crippen molar-refractivity contribution >= 4 is 23.7 Å². The molecule has 0 bridgehead atoms. The Balaban J connectivity index is 0.000000404. The lowest BCUT2D eigenvalue weighted by Crippen LogP contribution is -2.34. The Morgan fingerprint density at radius 1 is 1.05 bits per heavy atom. The predicted octanol–water partition coefficient (Wildman–Crippen LogP) is 2.74. The van der Waals surface area contributed by atoms with Crippen molar-refractivity contribution < 1.29 is 46.1 Å². The van der Waals surface area contributed by atoms with Gasteiger partial charge in [-0.1, -0.05) is 23.9 Å². The summed E-state index contributed by atoms with van der Waals surface area (Å²) in [5, 5.41) is 23.4. The van der Waals surface area contributed by atoms with Crippen molar-refractivity contribution in [1.82, 2.24) is 29.9 Å². The van der Waals surface area contributed by atoms with Gasteiger partial charge in [-0.15, -0.1) is 5.10 Å². The Morgan fingerprint density at radius 3 is 1.92 bits per heavy atom. The number of halogens is 6. The van der Waals surface area contributed by atoms with E-state index in [2.05, 4.69) is 32.1 Å². The normalized spacial score (nSPS) is 14.7. The van der Waals surface area contributed by atoms with Crippen LogP contribution in [0.5, 0.6) is 0 Å². The highest BCUT2D eigenvalue weighted by Gasteiger charge is 2.38. The van der Waals surface area contributed by atoms with Crippen molar-refractivity contribution in [3.63, 3.8) is 0 Å². The number of piperidine rings is 1. The van der Waals surface area contributed by atoms with E-state index in [0.717, 1.165) is 49.1 Å². The average molecular weight is 562 g/mol. The van der Waals surface area contributed by atoms with E-state index in [4.69, 9.17) is 25.5 Å². The van der Waals surface area contributed by atoms with E-state index in [-0.39, 0.29) is 0 Å². The van der Waals surface area contributed by atoms with Gasteiger partial charge in [-0.3, -0.25) is 4.90 Å². The molecule has 3 heterocycles. The lowest BCUT2D eigenvalue weighted by atomic mass is 10.0. The molecule has 37 heavy (non-hydrogen) atoms. The molecule has 2 aromatic heterocycles. The molecule has 11 nitrogen and oxygen atoms in total. The van der Waals surface area contributed by atoms with Crippen LogP contribution in [-0.2, 0) is 22.7 Å². The van der Waals surface area contributed by atoms with Crippen molar-refractivity contribution in [2.75, 3.05) is 18.8 Å². The van der Waals surface area contributed by atoms with Crippen LogP contribution in [0.1, 0.15) is 37.1 Å². The summed E-state index contributed by atoms with van der Waals surface area (Å²) in [6, 6.07) is 0.429. The van der Waals surface area contributed by atoms with E-state index in [9.17, 15) is 26.3 Å². The molecule has 1 saturated heterocycles. The second-order valence-corrected chi connectivity index (χ2v) is 8.55. The van der Waals surface area contributed by atoms with Gasteiger partial charge in [0.1, 0.15) is 0 Å². The molecular formula is C19H25F6N7O4S. The van der Waals surface area contributed by atoms with Gasteiger partial charge in [0.25, 0.3) is 0 Å². The molecule has 0 aromatic carbocycles. The largest absolute Gasteiger partial charge is 0.490 e. The topological polar surface area (TPSA) is 160 Å². The first-order chi connectivity index (χ1) is 17.2. The van der Waals surface area contributed by atoms with Gasteiger partial charge in [0, 0.05) is 44.1 Å². The van der Waals surface area contributed by atoms with Crippen LogP contribution in [0.15, 0.2) is 23.7 Å². The standard InChI is InChI=1S/C15H23N7S.2C2HF3O2/c1-2-23-15-17-8-12(9-18-15)10-21-5-3-14(4-6-21)22-11-13(7-16)19-20-22;2*3-2(4,5)1(6)7/h8-9,11,14H,2-7,10,16H2,1H3;2*(H,6,7). The summed E-state index contributed by atoms with van der Waals surface area (Å²) >= 11 is 1.67. The molecule has 0 spiro atoms. The minimum absolute atomic E-state index is 0.429.